The highest BCUT2D eigenvalue weighted by Crippen LogP contribution is 2.27. The van der Waals surface area contributed by atoms with Crippen LogP contribution in [-0.2, 0) is 26.0 Å². The molecule has 1 N–H and O–H groups in total. The minimum absolute atomic E-state index is 0.314. The molecule has 0 aromatic heterocycles. The van der Waals surface area contributed by atoms with Crippen LogP contribution in [0.2, 0.25) is 0 Å². The molecule has 0 bridgehead atoms. The third-order valence-corrected chi connectivity index (χ3v) is 5.22. The molecule has 126 valence electrons. The van der Waals surface area contributed by atoms with Crippen LogP contribution in [0.5, 0.6) is 0 Å². The number of nitrogens with one attached hydrogen (secondary N) is 1. The standard InChI is InChI=1S/C17H16FNO4S/c1-11-6-7-15(14(18)10-11)24(21,22)19-17(20)16-13-5-3-2-4-12(13)8-9-23-16/h2-7,10,16H,8-9H2,1H3,(H,19,20). The molecule has 2 aromatic rings. The summed E-state index contributed by atoms with van der Waals surface area (Å²) in [5.74, 6) is -1.73. The fourth-order valence-corrected chi connectivity index (χ4v) is 3.72. The molecule has 0 saturated carbocycles. The number of benzene rings is 2. The van der Waals surface area contributed by atoms with Crippen molar-refractivity contribution in [1.82, 2.24) is 4.72 Å². The van der Waals surface area contributed by atoms with Gasteiger partial charge in [0, 0.05) is 0 Å². The number of aryl methyl sites for hydroxylation is 1. The van der Waals surface area contributed by atoms with Gasteiger partial charge in [-0.2, -0.15) is 0 Å². The predicted octanol–water partition coefficient (Wildman–Crippen LogP) is 2.25. The summed E-state index contributed by atoms with van der Waals surface area (Å²) in [7, 11) is -4.31. The Bertz CT molecular complexity index is 895. The van der Waals surface area contributed by atoms with Gasteiger partial charge in [-0.1, -0.05) is 30.3 Å². The van der Waals surface area contributed by atoms with E-state index in [4.69, 9.17) is 4.74 Å². The Morgan fingerprint density at radius 1 is 1.25 bits per heavy atom. The number of carbonyl (C=O) groups is 1. The fraction of sp³-hybridized carbons (Fsp3) is 0.235. The Morgan fingerprint density at radius 2 is 2.00 bits per heavy atom. The van der Waals surface area contributed by atoms with Crippen LogP contribution in [0.15, 0.2) is 47.4 Å². The summed E-state index contributed by atoms with van der Waals surface area (Å²) in [6, 6.07) is 10.9. The second-order valence-electron chi connectivity index (χ2n) is 5.60. The van der Waals surface area contributed by atoms with E-state index in [2.05, 4.69) is 0 Å². The molecular weight excluding hydrogens is 333 g/mol. The maximum absolute atomic E-state index is 13.9. The molecule has 1 amide bonds. The average molecular weight is 349 g/mol. The van der Waals surface area contributed by atoms with E-state index in [1.54, 1.807) is 19.1 Å². The molecule has 24 heavy (non-hydrogen) atoms. The van der Waals surface area contributed by atoms with Gasteiger partial charge in [0.2, 0.25) is 0 Å². The lowest BCUT2D eigenvalue weighted by molar-refractivity contribution is -0.132. The van der Waals surface area contributed by atoms with Crippen molar-refractivity contribution in [3.63, 3.8) is 0 Å². The molecule has 0 saturated heterocycles. The predicted molar refractivity (Wildman–Crippen MR) is 85.3 cm³/mol. The Kier molecular flexibility index (Phi) is 4.38. The Hall–Kier alpha value is -2.25. The summed E-state index contributed by atoms with van der Waals surface area (Å²) in [6.45, 7) is 1.96. The largest absolute Gasteiger partial charge is 0.363 e. The third kappa shape index (κ3) is 3.18. The molecule has 0 spiro atoms. The SMILES string of the molecule is Cc1ccc(S(=O)(=O)NC(=O)C2OCCc3ccccc32)c(F)c1. The zero-order valence-corrected chi connectivity index (χ0v) is 13.8. The zero-order chi connectivity index (χ0) is 17.3. The van der Waals surface area contributed by atoms with Gasteiger partial charge in [0.15, 0.2) is 6.10 Å². The van der Waals surface area contributed by atoms with E-state index in [9.17, 15) is 17.6 Å². The third-order valence-electron chi connectivity index (χ3n) is 3.84. The normalized spacial score (nSPS) is 17.2. The van der Waals surface area contributed by atoms with Gasteiger partial charge in [0.25, 0.3) is 15.9 Å². The van der Waals surface area contributed by atoms with Crippen molar-refractivity contribution < 1.29 is 22.3 Å². The molecule has 1 heterocycles. The molecule has 0 aliphatic carbocycles. The van der Waals surface area contributed by atoms with E-state index in [1.807, 2.05) is 16.9 Å². The van der Waals surface area contributed by atoms with E-state index in [0.717, 1.165) is 17.7 Å². The molecule has 1 aliphatic heterocycles. The van der Waals surface area contributed by atoms with Gasteiger partial charge in [-0.3, -0.25) is 4.79 Å². The van der Waals surface area contributed by atoms with Crippen LogP contribution in [0.25, 0.3) is 0 Å². The first-order valence-electron chi connectivity index (χ1n) is 7.41. The molecule has 7 heteroatoms. The molecular formula is C17H16FNO4S. The van der Waals surface area contributed by atoms with Gasteiger partial charge < -0.3 is 4.74 Å². The second-order valence-corrected chi connectivity index (χ2v) is 7.25. The topological polar surface area (TPSA) is 72.5 Å². The molecule has 1 aliphatic rings. The highest BCUT2D eigenvalue weighted by atomic mass is 32.2. The molecule has 0 fully saturated rings. The summed E-state index contributed by atoms with van der Waals surface area (Å²) >= 11 is 0. The molecule has 5 nitrogen and oxygen atoms in total. The fourth-order valence-electron chi connectivity index (χ4n) is 2.68. The number of ether oxygens (including phenoxy) is 1. The van der Waals surface area contributed by atoms with Crippen molar-refractivity contribution in [2.24, 2.45) is 0 Å². The highest BCUT2D eigenvalue weighted by molar-refractivity contribution is 7.90. The molecule has 1 unspecified atom stereocenters. The molecule has 1 atom stereocenters. The summed E-state index contributed by atoms with van der Waals surface area (Å²) < 4.78 is 45.9. The van der Waals surface area contributed by atoms with Crippen LogP contribution in [0.1, 0.15) is 22.8 Å². The van der Waals surface area contributed by atoms with Crippen LogP contribution in [-0.4, -0.2) is 20.9 Å². The Morgan fingerprint density at radius 3 is 2.75 bits per heavy atom. The van der Waals surface area contributed by atoms with Crippen LogP contribution in [0.4, 0.5) is 4.39 Å². The number of carbonyl (C=O) groups excluding carboxylic acids is 1. The summed E-state index contributed by atoms with van der Waals surface area (Å²) in [5.41, 5.74) is 2.14. The average Bonchev–Trinajstić information content (AvgIpc) is 2.53. The van der Waals surface area contributed by atoms with Gasteiger partial charge >= 0.3 is 0 Å². The van der Waals surface area contributed by atoms with Crippen molar-refractivity contribution >= 4 is 15.9 Å². The second kappa shape index (κ2) is 6.33. The maximum atomic E-state index is 13.9. The minimum atomic E-state index is -4.31. The number of hydrogen-bond acceptors (Lipinski definition) is 4. The van der Waals surface area contributed by atoms with Crippen LogP contribution in [0, 0.1) is 12.7 Å². The first-order chi connectivity index (χ1) is 11.4. The number of sulfonamides is 1. The Balaban J connectivity index is 1.87. The van der Waals surface area contributed by atoms with Gasteiger partial charge in [0.1, 0.15) is 10.7 Å². The smallest absolute Gasteiger partial charge is 0.267 e. The van der Waals surface area contributed by atoms with Gasteiger partial charge in [-0.15, -0.1) is 0 Å². The molecule has 2 aromatic carbocycles. The first-order valence-corrected chi connectivity index (χ1v) is 8.89. The van der Waals surface area contributed by atoms with E-state index in [0.29, 0.717) is 24.2 Å². The number of fused-ring (bicyclic) bond motifs is 1. The molecule has 3 rings (SSSR count). The van der Waals surface area contributed by atoms with Crippen LogP contribution >= 0.6 is 0 Å². The quantitative estimate of drug-likeness (QED) is 0.922. The van der Waals surface area contributed by atoms with Crippen molar-refractivity contribution in [3.8, 4) is 0 Å². The number of hydrogen-bond donors (Lipinski definition) is 1. The van der Waals surface area contributed by atoms with Crippen LogP contribution in [0.3, 0.4) is 0 Å². The van der Waals surface area contributed by atoms with Crippen molar-refractivity contribution in [2.45, 2.75) is 24.3 Å². The van der Waals surface area contributed by atoms with Crippen LogP contribution < -0.4 is 4.72 Å². The lowest BCUT2D eigenvalue weighted by atomic mass is 9.97. The lowest BCUT2D eigenvalue weighted by Gasteiger charge is -2.25. The summed E-state index contributed by atoms with van der Waals surface area (Å²) in [5, 5.41) is 0. The number of amides is 1. The highest BCUT2D eigenvalue weighted by Gasteiger charge is 2.31. The van der Waals surface area contributed by atoms with E-state index in [-0.39, 0.29) is 0 Å². The van der Waals surface area contributed by atoms with Crippen molar-refractivity contribution in [2.75, 3.05) is 6.61 Å². The van der Waals surface area contributed by atoms with Gasteiger partial charge in [-0.05, 0) is 42.2 Å². The number of halogens is 1. The lowest BCUT2D eigenvalue weighted by Crippen LogP contribution is -2.37. The maximum Gasteiger partial charge on any atom is 0.267 e. The first kappa shape index (κ1) is 16.6. The zero-order valence-electron chi connectivity index (χ0n) is 13.0. The summed E-state index contributed by atoms with van der Waals surface area (Å²) in [4.78, 5) is 11.8. The van der Waals surface area contributed by atoms with Crippen molar-refractivity contribution in [3.05, 3.63) is 65.0 Å². The monoisotopic (exact) mass is 349 g/mol. The molecule has 0 radical (unpaired) electrons. The van der Waals surface area contributed by atoms with Crippen molar-refractivity contribution in [1.29, 1.82) is 0 Å². The summed E-state index contributed by atoms with van der Waals surface area (Å²) in [6.07, 6.45) is -0.377. The number of rotatable bonds is 3. The van der Waals surface area contributed by atoms with Gasteiger partial charge in [0.05, 0.1) is 6.61 Å². The van der Waals surface area contributed by atoms with E-state index < -0.39 is 32.7 Å². The van der Waals surface area contributed by atoms with Gasteiger partial charge in [-0.25, -0.2) is 17.5 Å². The van der Waals surface area contributed by atoms with E-state index in [1.165, 1.54) is 6.07 Å². The Labute approximate surface area is 139 Å². The van der Waals surface area contributed by atoms with E-state index >= 15 is 0 Å². The minimum Gasteiger partial charge on any atom is -0.363 e.